The van der Waals surface area contributed by atoms with Crippen LogP contribution in [0.15, 0.2) is 54.7 Å². The molecule has 6 nitrogen and oxygen atoms in total. The van der Waals surface area contributed by atoms with Gasteiger partial charge in [-0.2, -0.15) is 13.2 Å². The molecule has 0 spiro atoms. The number of amides is 2. The Kier molecular flexibility index (Phi) is 3.57. The lowest BCUT2D eigenvalue weighted by atomic mass is 10.2. The molecule has 0 atom stereocenters. The minimum absolute atomic E-state index is 0.0157. The second-order valence-electron chi connectivity index (χ2n) is 5.63. The van der Waals surface area contributed by atoms with E-state index in [2.05, 4.69) is 20.7 Å². The van der Waals surface area contributed by atoms with Crippen molar-refractivity contribution in [3.05, 3.63) is 60.4 Å². The minimum Gasteiger partial charge on any atom is -0.361 e. The van der Waals surface area contributed by atoms with E-state index in [9.17, 15) is 18.0 Å². The van der Waals surface area contributed by atoms with Gasteiger partial charge in [0.1, 0.15) is 5.69 Å². The van der Waals surface area contributed by atoms with Gasteiger partial charge in [0.15, 0.2) is 5.82 Å². The predicted octanol–water partition coefficient (Wildman–Crippen LogP) is 4.48. The number of nitrogens with one attached hydrogen (secondary N) is 3. The van der Waals surface area contributed by atoms with Gasteiger partial charge in [0.2, 0.25) is 0 Å². The van der Waals surface area contributed by atoms with E-state index in [4.69, 9.17) is 0 Å². The van der Waals surface area contributed by atoms with Crippen molar-refractivity contribution in [1.29, 1.82) is 0 Å². The molecular weight excluding hydrogens is 347 g/mol. The maximum Gasteiger partial charge on any atom is 0.433 e. The van der Waals surface area contributed by atoms with Gasteiger partial charge >= 0.3 is 12.2 Å². The second kappa shape index (κ2) is 5.80. The predicted molar refractivity (Wildman–Crippen MR) is 91.1 cm³/mol. The summed E-state index contributed by atoms with van der Waals surface area (Å²) in [6, 6.07) is 11.6. The number of alkyl halides is 3. The Labute approximate surface area is 144 Å². The fraction of sp³-hybridized carbons (Fsp3) is 0.0588. The maximum absolute atomic E-state index is 13.0. The number of fused-ring (bicyclic) bond motifs is 2. The number of nitrogens with zero attached hydrogens (tertiary/aromatic N) is 2. The molecule has 0 aliphatic rings. The lowest BCUT2D eigenvalue weighted by Crippen LogP contribution is -2.20. The molecule has 0 aliphatic carbocycles. The first-order valence-electron chi connectivity index (χ1n) is 7.61. The summed E-state index contributed by atoms with van der Waals surface area (Å²) in [5.41, 5.74) is 0.788. The SMILES string of the molecule is O=C(Nc1ccc2[nH]ccc2c1)Nc1cc2cccc(C(F)(F)F)n2n1. The number of benzene rings is 1. The minimum atomic E-state index is -4.54. The number of urea groups is 1. The van der Waals surface area contributed by atoms with Crippen molar-refractivity contribution in [1.82, 2.24) is 14.6 Å². The van der Waals surface area contributed by atoms with Crippen molar-refractivity contribution in [3.63, 3.8) is 0 Å². The topological polar surface area (TPSA) is 74.2 Å². The molecule has 132 valence electrons. The van der Waals surface area contributed by atoms with Crippen LogP contribution in [-0.2, 0) is 6.18 Å². The van der Waals surface area contributed by atoms with Crippen LogP contribution in [0.2, 0.25) is 0 Å². The summed E-state index contributed by atoms with van der Waals surface area (Å²) in [5.74, 6) is 0.0157. The average molecular weight is 359 g/mol. The van der Waals surface area contributed by atoms with Gasteiger partial charge in [0, 0.05) is 28.9 Å². The van der Waals surface area contributed by atoms with Crippen LogP contribution in [-0.4, -0.2) is 20.6 Å². The van der Waals surface area contributed by atoms with Crippen LogP contribution in [0.1, 0.15) is 5.69 Å². The van der Waals surface area contributed by atoms with E-state index in [-0.39, 0.29) is 11.3 Å². The van der Waals surface area contributed by atoms with E-state index >= 15 is 0 Å². The zero-order valence-electron chi connectivity index (χ0n) is 13.1. The molecule has 3 aromatic heterocycles. The van der Waals surface area contributed by atoms with Gasteiger partial charge in [-0.15, -0.1) is 5.10 Å². The molecule has 0 aliphatic heterocycles. The summed E-state index contributed by atoms with van der Waals surface area (Å²) in [6.45, 7) is 0. The van der Waals surface area contributed by atoms with Gasteiger partial charge in [0.05, 0.1) is 5.52 Å². The first-order valence-corrected chi connectivity index (χ1v) is 7.61. The molecule has 0 radical (unpaired) electrons. The number of hydrogen-bond acceptors (Lipinski definition) is 2. The number of pyridine rings is 1. The highest BCUT2D eigenvalue weighted by Crippen LogP contribution is 2.30. The summed E-state index contributed by atoms with van der Waals surface area (Å²) in [5, 5.41) is 9.81. The van der Waals surface area contributed by atoms with Crippen LogP contribution < -0.4 is 10.6 Å². The summed E-state index contributed by atoms with van der Waals surface area (Å²) < 4.78 is 39.8. The first kappa shape index (κ1) is 16.0. The number of aromatic amines is 1. The molecule has 0 saturated carbocycles. The maximum atomic E-state index is 13.0. The molecule has 0 bridgehead atoms. The second-order valence-corrected chi connectivity index (χ2v) is 5.63. The van der Waals surface area contributed by atoms with Crippen molar-refractivity contribution in [2.75, 3.05) is 10.6 Å². The van der Waals surface area contributed by atoms with Crippen molar-refractivity contribution in [2.45, 2.75) is 6.18 Å². The van der Waals surface area contributed by atoms with Crippen LogP contribution in [0.5, 0.6) is 0 Å². The molecule has 0 fully saturated rings. The van der Waals surface area contributed by atoms with Crippen molar-refractivity contribution in [3.8, 4) is 0 Å². The molecule has 3 N–H and O–H groups in total. The van der Waals surface area contributed by atoms with E-state index in [1.54, 1.807) is 18.3 Å². The van der Waals surface area contributed by atoms with E-state index < -0.39 is 17.9 Å². The van der Waals surface area contributed by atoms with Gasteiger partial charge < -0.3 is 10.3 Å². The molecule has 3 heterocycles. The van der Waals surface area contributed by atoms with Crippen LogP contribution in [0.3, 0.4) is 0 Å². The van der Waals surface area contributed by atoms with Crippen LogP contribution in [0.4, 0.5) is 29.5 Å². The number of rotatable bonds is 2. The molecule has 26 heavy (non-hydrogen) atoms. The fourth-order valence-corrected chi connectivity index (χ4v) is 2.70. The highest BCUT2D eigenvalue weighted by molar-refractivity contribution is 6.00. The Morgan fingerprint density at radius 2 is 1.92 bits per heavy atom. The van der Waals surface area contributed by atoms with Gasteiger partial charge in [-0.05, 0) is 36.4 Å². The van der Waals surface area contributed by atoms with E-state index in [1.165, 1.54) is 18.2 Å². The summed E-state index contributed by atoms with van der Waals surface area (Å²) in [6.07, 6.45) is -2.76. The van der Waals surface area contributed by atoms with Gasteiger partial charge in [-0.3, -0.25) is 5.32 Å². The first-order chi connectivity index (χ1) is 12.4. The number of carbonyl (C=O) groups excluding carboxylic acids is 1. The number of hydrogen-bond donors (Lipinski definition) is 3. The molecular formula is C17H12F3N5O. The molecule has 4 aromatic rings. The van der Waals surface area contributed by atoms with E-state index in [0.717, 1.165) is 21.5 Å². The Morgan fingerprint density at radius 3 is 2.73 bits per heavy atom. The number of carbonyl (C=O) groups is 1. The number of halogens is 3. The molecule has 0 saturated heterocycles. The quantitative estimate of drug-likeness (QED) is 0.494. The monoisotopic (exact) mass is 359 g/mol. The summed E-state index contributed by atoms with van der Waals surface area (Å²) in [7, 11) is 0. The summed E-state index contributed by atoms with van der Waals surface area (Å²) >= 11 is 0. The van der Waals surface area contributed by atoms with Crippen LogP contribution in [0, 0.1) is 0 Å². The Bertz CT molecular complexity index is 1110. The Hall–Kier alpha value is -3.49. The number of aromatic nitrogens is 3. The third kappa shape index (κ3) is 2.94. The van der Waals surface area contributed by atoms with Crippen LogP contribution in [0.25, 0.3) is 16.4 Å². The molecule has 1 aromatic carbocycles. The third-order valence-electron chi connectivity index (χ3n) is 3.83. The average Bonchev–Trinajstić information content (AvgIpc) is 3.18. The van der Waals surface area contributed by atoms with E-state index in [1.807, 2.05) is 12.1 Å². The fourth-order valence-electron chi connectivity index (χ4n) is 2.70. The lowest BCUT2D eigenvalue weighted by Gasteiger charge is -2.08. The highest BCUT2D eigenvalue weighted by atomic mass is 19.4. The molecule has 4 rings (SSSR count). The smallest absolute Gasteiger partial charge is 0.361 e. The zero-order chi connectivity index (χ0) is 18.3. The van der Waals surface area contributed by atoms with Crippen molar-refractivity contribution in [2.24, 2.45) is 0 Å². The molecule has 9 heteroatoms. The normalized spacial score (nSPS) is 11.8. The van der Waals surface area contributed by atoms with Crippen molar-refractivity contribution < 1.29 is 18.0 Å². The molecule has 0 unspecified atom stereocenters. The standard InChI is InChI=1S/C17H12F3N5O/c18-17(19,20)14-3-1-2-12-9-15(24-25(12)14)23-16(26)22-11-4-5-13-10(8-11)6-7-21-13/h1-9,21H,(H2,22,23,24,26). The Morgan fingerprint density at radius 1 is 1.08 bits per heavy atom. The zero-order valence-corrected chi connectivity index (χ0v) is 13.1. The number of anilines is 2. The van der Waals surface area contributed by atoms with Crippen molar-refractivity contribution >= 4 is 34.0 Å². The van der Waals surface area contributed by atoms with Gasteiger partial charge in [0.25, 0.3) is 0 Å². The molecule has 2 amide bonds. The van der Waals surface area contributed by atoms with Crippen LogP contribution >= 0.6 is 0 Å². The number of H-pyrrole nitrogens is 1. The third-order valence-corrected chi connectivity index (χ3v) is 3.83. The highest BCUT2D eigenvalue weighted by Gasteiger charge is 2.34. The van der Waals surface area contributed by atoms with E-state index in [0.29, 0.717) is 5.69 Å². The lowest BCUT2D eigenvalue weighted by molar-refractivity contribution is -0.142. The Balaban J connectivity index is 1.55. The van der Waals surface area contributed by atoms with Gasteiger partial charge in [-0.1, -0.05) is 6.07 Å². The largest absolute Gasteiger partial charge is 0.433 e. The van der Waals surface area contributed by atoms with Gasteiger partial charge in [-0.25, -0.2) is 9.31 Å². The summed E-state index contributed by atoms with van der Waals surface area (Å²) in [4.78, 5) is 15.2.